The molecule has 1 heterocycles. The average Bonchev–Trinajstić information content (AvgIpc) is 2.90. The lowest BCUT2D eigenvalue weighted by atomic mass is 9.78. The van der Waals surface area contributed by atoms with Crippen molar-refractivity contribution >= 4 is 11.9 Å². The molecule has 0 bridgehead atoms. The zero-order valence-electron chi connectivity index (χ0n) is 10.8. The first kappa shape index (κ1) is 13.3. The van der Waals surface area contributed by atoms with Crippen LogP contribution in [0.4, 0.5) is 0 Å². The molecule has 2 fully saturated rings. The Balaban J connectivity index is 2.03. The van der Waals surface area contributed by atoms with Gasteiger partial charge in [0.2, 0.25) is 5.91 Å². The molecular weight excluding hydrogens is 234 g/mol. The second-order valence-corrected chi connectivity index (χ2v) is 5.30. The van der Waals surface area contributed by atoms with E-state index in [9.17, 15) is 14.7 Å². The number of carbonyl (C=O) groups excluding carboxylic acids is 1. The van der Waals surface area contributed by atoms with Gasteiger partial charge in [0.1, 0.15) is 0 Å². The van der Waals surface area contributed by atoms with Crippen LogP contribution in [0.1, 0.15) is 32.1 Å². The fourth-order valence-electron chi connectivity index (χ4n) is 2.99. The fourth-order valence-corrected chi connectivity index (χ4v) is 2.99. The van der Waals surface area contributed by atoms with E-state index in [4.69, 9.17) is 4.74 Å². The molecule has 2 rings (SSSR count). The Kier molecular flexibility index (Phi) is 4.22. The van der Waals surface area contributed by atoms with E-state index in [1.165, 1.54) is 0 Å². The molecule has 1 unspecified atom stereocenters. The Morgan fingerprint density at radius 1 is 1.17 bits per heavy atom. The van der Waals surface area contributed by atoms with Gasteiger partial charge in [-0.15, -0.1) is 0 Å². The second-order valence-electron chi connectivity index (χ2n) is 5.30. The summed E-state index contributed by atoms with van der Waals surface area (Å²) in [6, 6.07) is 0.119. The highest BCUT2D eigenvalue weighted by molar-refractivity contribution is 5.85. The summed E-state index contributed by atoms with van der Waals surface area (Å²) in [6.07, 6.45) is 4.05. The van der Waals surface area contributed by atoms with E-state index in [-0.39, 0.29) is 17.9 Å². The topological polar surface area (TPSA) is 66.8 Å². The lowest BCUT2D eigenvalue weighted by Crippen LogP contribution is -2.45. The molecule has 0 radical (unpaired) electrons. The van der Waals surface area contributed by atoms with Crippen LogP contribution in [-0.4, -0.2) is 48.2 Å². The van der Waals surface area contributed by atoms with Gasteiger partial charge in [-0.25, -0.2) is 0 Å². The summed E-state index contributed by atoms with van der Waals surface area (Å²) in [5.74, 6) is -1.69. The Morgan fingerprint density at radius 2 is 1.83 bits per heavy atom. The number of carbonyl (C=O) groups is 2. The molecule has 0 aromatic carbocycles. The molecule has 0 spiro atoms. The van der Waals surface area contributed by atoms with Crippen molar-refractivity contribution in [2.45, 2.75) is 38.1 Å². The number of nitrogens with zero attached hydrogens (tertiary/aromatic N) is 1. The first-order valence-corrected chi connectivity index (χ1v) is 6.68. The molecule has 1 saturated carbocycles. The average molecular weight is 255 g/mol. The van der Waals surface area contributed by atoms with Crippen molar-refractivity contribution in [1.29, 1.82) is 0 Å². The molecule has 1 aliphatic carbocycles. The molecule has 5 heteroatoms. The van der Waals surface area contributed by atoms with Gasteiger partial charge >= 0.3 is 5.97 Å². The molecule has 1 aliphatic heterocycles. The number of hydrogen-bond acceptors (Lipinski definition) is 3. The zero-order chi connectivity index (χ0) is 13.1. The van der Waals surface area contributed by atoms with Gasteiger partial charge in [0.25, 0.3) is 0 Å². The maximum absolute atomic E-state index is 12.4. The lowest BCUT2D eigenvalue weighted by Gasteiger charge is -2.33. The smallest absolute Gasteiger partial charge is 0.307 e. The Hall–Kier alpha value is -1.10. The molecular formula is C13H21NO4. The highest BCUT2D eigenvalue weighted by Crippen LogP contribution is 2.32. The Labute approximate surface area is 107 Å². The van der Waals surface area contributed by atoms with Gasteiger partial charge in [-0.3, -0.25) is 9.59 Å². The van der Waals surface area contributed by atoms with Crippen molar-refractivity contribution in [2.24, 2.45) is 11.8 Å². The van der Waals surface area contributed by atoms with Crippen LogP contribution in [-0.2, 0) is 14.3 Å². The molecule has 0 aromatic rings. The predicted octanol–water partition coefficient (Wildman–Crippen LogP) is 1.12. The first-order chi connectivity index (χ1) is 8.61. The molecule has 2 aliphatic rings. The maximum atomic E-state index is 12.4. The molecule has 1 saturated heterocycles. The summed E-state index contributed by atoms with van der Waals surface area (Å²) in [4.78, 5) is 25.3. The van der Waals surface area contributed by atoms with E-state index >= 15 is 0 Å². The van der Waals surface area contributed by atoms with Gasteiger partial charge in [0.05, 0.1) is 24.5 Å². The minimum absolute atomic E-state index is 0.0161. The van der Waals surface area contributed by atoms with Gasteiger partial charge in [-0.2, -0.15) is 0 Å². The summed E-state index contributed by atoms with van der Waals surface area (Å²) in [6.45, 7) is 1.27. The predicted molar refractivity (Wildman–Crippen MR) is 65.1 cm³/mol. The fraction of sp³-hybridized carbons (Fsp3) is 0.846. The van der Waals surface area contributed by atoms with Crippen LogP contribution in [0.25, 0.3) is 0 Å². The van der Waals surface area contributed by atoms with E-state index in [0.717, 1.165) is 19.3 Å². The van der Waals surface area contributed by atoms with Gasteiger partial charge in [0, 0.05) is 13.7 Å². The van der Waals surface area contributed by atoms with E-state index in [2.05, 4.69) is 0 Å². The molecule has 18 heavy (non-hydrogen) atoms. The molecule has 5 nitrogen and oxygen atoms in total. The lowest BCUT2D eigenvalue weighted by molar-refractivity contribution is -0.152. The van der Waals surface area contributed by atoms with Crippen LogP contribution in [0, 0.1) is 11.8 Å². The summed E-state index contributed by atoms with van der Waals surface area (Å²) < 4.78 is 5.28. The van der Waals surface area contributed by atoms with Crippen molar-refractivity contribution < 1.29 is 19.4 Å². The van der Waals surface area contributed by atoms with Crippen LogP contribution < -0.4 is 0 Å². The SMILES string of the molecule is CN(C(=O)[C@@H]1CCCC[C@@H]1C(=O)O)C1CCOC1. The quantitative estimate of drug-likeness (QED) is 0.820. The number of likely N-dealkylation sites (N-methyl/N-ethyl adjacent to an activating group) is 1. The van der Waals surface area contributed by atoms with Crippen LogP contribution in [0.3, 0.4) is 0 Å². The van der Waals surface area contributed by atoms with E-state index < -0.39 is 11.9 Å². The highest BCUT2D eigenvalue weighted by Gasteiger charge is 2.38. The number of rotatable bonds is 3. The second kappa shape index (κ2) is 5.69. The summed E-state index contributed by atoms with van der Waals surface area (Å²) in [5, 5.41) is 9.21. The number of hydrogen-bond donors (Lipinski definition) is 1. The minimum atomic E-state index is -0.830. The number of aliphatic carboxylic acids is 1. The van der Waals surface area contributed by atoms with Crippen molar-refractivity contribution in [1.82, 2.24) is 4.90 Å². The summed E-state index contributed by atoms with van der Waals surface area (Å²) in [7, 11) is 1.77. The van der Waals surface area contributed by atoms with E-state index in [1.807, 2.05) is 0 Å². The third-order valence-electron chi connectivity index (χ3n) is 4.20. The molecule has 102 valence electrons. The number of amides is 1. The van der Waals surface area contributed by atoms with Gasteiger partial charge in [-0.05, 0) is 19.3 Å². The third-order valence-corrected chi connectivity index (χ3v) is 4.20. The van der Waals surface area contributed by atoms with Crippen LogP contribution in [0.5, 0.6) is 0 Å². The number of ether oxygens (including phenoxy) is 1. The Bertz CT molecular complexity index is 325. The molecule has 0 aromatic heterocycles. The van der Waals surface area contributed by atoms with E-state index in [1.54, 1.807) is 11.9 Å². The minimum Gasteiger partial charge on any atom is -0.481 e. The maximum Gasteiger partial charge on any atom is 0.307 e. The standard InChI is InChI=1S/C13H21NO4/c1-14(9-6-7-18-8-9)12(15)10-4-2-3-5-11(10)13(16)17/h9-11H,2-8H2,1H3,(H,16,17)/t9?,10-,11+/m1/s1. The van der Waals surface area contributed by atoms with Crippen molar-refractivity contribution in [2.75, 3.05) is 20.3 Å². The Morgan fingerprint density at radius 3 is 2.39 bits per heavy atom. The summed E-state index contributed by atoms with van der Waals surface area (Å²) >= 11 is 0. The van der Waals surface area contributed by atoms with Gasteiger partial charge < -0.3 is 14.7 Å². The third kappa shape index (κ3) is 2.66. The zero-order valence-corrected chi connectivity index (χ0v) is 10.8. The normalized spacial score (nSPS) is 32.2. The number of carboxylic acid groups (broad SMARTS) is 1. The largest absolute Gasteiger partial charge is 0.481 e. The van der Waals surface area contributed by atoms with E-state index in [0.29, 0.717) is 26.1 Å². The van der Waals surface area contributed by atoms with Crippen LogP contribution >= 0.6 is 0 Å². The molecule has 1 amide bonds. The van der Waals surface area contributed by atoms with Gasteiger partial charge in [-0.1, -0.05) is 12.8 Å². The first-order valence-electron chi connectivity index (χ1n) is 6.68. The van der Waals surface area contributed by atoms with Gasteiger partial charge in [0.15, 0.2) is 0 Å². The highest BCUT2D eigenvalue weighted by atomic mass is 16.5. The number of carboxylic acids is 1. The van der Waals surface area contributed by atoms with Crippen molar-refractivity contribution in [3.63, 3.8) is 0 Å². The van der Waals surface area contributed by atoms with Crippen LogP contribution in [0.2, 0.25) is 0 Å². The molecule has 3 atom stereocenters. The van der Waals surface area contributed by atoms with Crippen molar-refractivity contribution in [3.8, 4) is 0 Å². The summed E-state index contributed by atoms with van der Waals surface area (Å²) in [5.41, 5.74) is 0. The van der Waals surface area contributed by atoms with Crippen molar-refractivity contribution in [3.05, 3.63) is 0 Å². The monoisotopic (exact) mass is 255 g/mol. The molecule has 1 N–H and O–H groups in total. The van der Waals surface area contributed by atoms with Crippen LogP contribution in [0.15, 0.2) is 0 Å².